The molecular formula is C3H7NO. The van der Waals surface area contributed by atoms with Crippen LogP contribution < -0.4 is 5.90 Å². The van der Waals surface area contributed by atoms with Gasteiger partial charge in [-0.2, -0.15) is 0 Å². The van der Waals surface area contributed by atoms with Crippen LogP contribution in [0.3, 0.4) is 0 Å². The molecule has 0 rings (SSSR count). The molecule has 2 radical (unpaired) electrons. The van der Waals surface area contributed by atoms with Crippen LogP contribution in [0.4, 0.5) is 0 Å². The van der Waals surface area contributed by atoms with Crippen LogP contribution in [0.25, 0.3) is 0 Å². The molecule has 0 saturated heterocycles. The maximum Gasteiger partial charge on any atom is 0.0772 e. The maximum absolute atomic E-state index is 7.64. The fraction of sp³-hybridized carbons (Fsp3) is 1.00. The third kappa shape index (κ3) is 3.92. The highest BCUT2D eigenvalue weighted by Crippen LogP contribution is 1.76. The first-order valence-corrected chi connectivity index (χ1v) is 1.57. The van der Waals surface area contributed by atoms with Gasteiger partial charge in [0.05, 0.1) is 6.10 Å². The van der Waals surface area contributed by atoms with Gasteiger partial charge in [-0.25, -0.2) is 0 Å². The zero-order valence-electron chi connectivity index (χ0n) is 3.43. The second kappa shape index (κ2) is 2.18. The minimum atomic E-state index is -0.0602. The van der Waals surface area contributed by atoms with Gasteiger partial charge >= 0.3 is 0 Å². The predicted molar refractivity (Wildman–Crippen MR) is 18.4 cm³/mol. The monoisotopic (exact) mass is 73.1 g/mol. The molecule has 0 amide bonds. The molecule has 2 heteroatoms. The normalized spacial score (nSPS) is 9.60. The summed E-state index contributed by atoms with van der Waals surface area (Å²) in [5.74, 6) is 7.64. The summed E-state index contributed by atoms with van der Waals surface area (Å²) in [5, 5.41) is 0. The van der Waals surface area contributed by atoms with Gasteiger partial charge in [-0.15, -0.1) is 0 Å². The Morgan fingerprint density at radius 1 is 1.60 bits per heavy atom. The van der Waals surface area contributed by atoms with Gasteiger partial charge in [-0.05, 0) is 13.8 Å². The first kappa shape index (κ1) is 4.92. The smallest absolute Gasteiger partial charge is 0.0772 e. The molecule has 0 N–H and O–H groups in total. The highest BCUT2D eigenvalue weighted by Gasteiger charge is 1.82. The van der Waals surface area contributed by atoms with Gasteiger partial charge in [0.15, 0.2) is 0 Å². The van der Waals surface area contributed by atoms with E-state index in [2.05, 4.69) is 4.84 Å². The van der Waals surface area contributed by atoms with Crippen molar-refractivity contribution in [1.29, 1.82) is 0 Å². The van der Waals surface area contributed by atoms with Crippen LogP contribution in [-0.2, 0) is 4.84 Å². The lowest BCUT2D eigenvalue weighted by Crippen LogP contribution is -1.97. The number of hydrogen-bond acceptors (Lipinski definition) is 1. The van der Waals surface area contributed by atoms with E-state index < -0.39 is 0 Å². The van der Waals surface area contributed by atoms with Crippen molar-refractivity contribution in [3.63, 3.8) is 0 Å². The molecule has 0 unspecified atom stereocenters. The topological polar surface area (TPSA) is 31.5 Å². The summed E-state index contributed by atoms with van der Waals surface area (Å²) < 4.78 is 0. The number of rotatable bonds is 1. The molecule has 0 aliphatic carbocycles. The first-order valence-electron chi connectivity index (χ1n) is 1.57. The summed E-state index contributed by atoms with van der Waals surface area (Å²) in [6.45, 7) is 3.50. The van der Waals surface area contributed by atoms with Crippen LogP contribution >= 0.6 is 0 Å². The molecule has 0 heterocycles. The van der Waals surface area contributed by atoms with Crippen LogP contribution in [0, 0.1) is 0 Å². The summed E-state index contributed by atoms with van der Waals surface area (Å²) in [5.41, 5.74) is 0. The summed E-state index contributed by atoms with van der Waals surface area (Å²) >= 11 is 0. The molecule has 0 aromatic carbocycles. The van der Waals surface area contributed by atoms with Crippen molar-refractivity contribution in [2.45, 2.75) is 20.0 Å². The fourth-order valence-corrected chi connectivity index (χ4v) is 0. The van der Waals surface area contributed by atoms with Crippen molar-refractivity contribution in [3.05, 3.63) is 0 Å². The van der Waals surface area contributed by atoms with E-state index in [-0.39, 0.29) is 6.10 Å². The van der Waals surface area contributed by atoms with Gasteiger partial charge in [0.2, 0.25) is 0 Å². The Hall–Kier alpha value is -0.0800. The third-order valence-electron chi connectivity index (χ3n) is 0.211. The maximum atomic E-state index is 7.64. The largest absolute Gasteiger partial charge is 0.261 e. The lowest BCUT2D eigenvalue weighted by atomic mass is 10.5. The number of hydrogen-bond donors (Lipinski definition) is 0. The molecule has 2 nitrogen and oxygen atoms in total. The van der Waals surface area contributed by atoms with Crippen molar-refractivity contribution in [1.82, 2.24) is 5.90 Å². The zero-order chi connectivity index (χ0) is 4.28. The lowest BCUT2D eigenvalue weighted by molar-refractivity contribution is 0.0625. The Kier molecular flexibility index (Phi) is 2.14. The van der Waals surface area contributed by atoms with E-state index in [1.165, 1.54) is 0 Å². The average molecular weight is 73.1 g/mol. The van der Waals surface area contributed by atoms with E-state index in [9.17, 15) is 0 Å². The fourth-order valence-electron chi connectivity index (χ4n) is 0. The van der Waals surface area contributed by atoms with Crippen molar-refractivity contribution >= 4 is 0 Å². The highest BCUT2D eigenvalue weighted by molar-refractivity contribution is 4.25. The predicted octanol–water partition coefficient (Wildman–Crippen LogP) is 0.395. The molecule has 0 aromatic rings. The second-order valence-corrected chi connectivity index (χ2v) is 1.15. The van der Waals surface area contributed by atoms with E-state index in [1.54, 1.807) is 13.8 Å². The third-order valence-corrected chi connectivity index (χ3v) is 0.211. The van der Waals surface area contributed by atoms with Crippen molar-refractivity contribution < 1.29 is 4.84 Å². The summed E-state index contributed by atoms with van der Waals surface area (Å²) in [6, 6.07) is 0. The molecule has 0 spiro atoms. The molecule has 0 atom stereocenters. The Balaban J connectivity index is 2.54. The molecule has 30 valence electrons. The van der Waals surface area contributed by atoms with Gasteiger partial charge in [-0.1, -0.05) is 0 Å². The Bertz CT molecular complexity index is 20.9. The van der Waals surface area contributed by atoms with Gasteiger partial charge in [0.25, 0.3) is 0 Å². The van der Waals surface area contributed by atoms with Gasteiger partial charge in [-0.3, -0.25) is 4.84 Å². The van der Waals surface area contributed by atoms with Crippen LogP contribution in [0.15, 0.2) is 0 Å². The lowest BCUT2D eigenvalue weighted by Gasteiger charge is -1.89. The molecule has 0 aliphatic heterocycles. The van der Waals surface area contributed by atoms with Gasteiger partial charge in [0, 0.05) is 5.90 Å². The van der Waals surface area contributed by atoms with Crippen molar-refractivity contribution in [2.24, 2.45) is 0 Å². The van der Waals surface area contributed by atoms with Gasteiger partial charge in [0.1, 0.15) is 0 Å². The Morgan fingerprint density at radius 3 is 1.80 bits per heavy atom. The first-order chi connectivity index (χ1) is 2.27. The summed E-state index contributed by atoms with van der Waals surface area (Å²) in [6.07, 6.45) is -0.0602. The van der Waals surface area contributed by atoms with Gasteiger partial charge < -0.3 is 0 Å². The Morgan fingerprint density at radius 2 is 1.80 bits per heavy atom. The minimum Gasteiger partial charge on any atom is -0.261 e. The van der Waals surface area contributed by atoms with E-state index in [1.807, 2.05) is 0 Å². The molecule has 0 bridgehead atoms. The van der Waals surface area contributed by atoms with E-state index >= 15 is 0 Å². The van der Waals surface area contributed by atoms with Crippen LogP contribution in [0.2, 0.25) is 0 Å². The van der Waals surface area contributed by atoms with E-state index in [0.29, 0.717) is 0 Å². The van der Waals surface area contributed by atoms with Crippen molar-refractivity contribution in [3.8, 4) is 0 Å². The number of nitrogens with zero attached hydrogens (tertiary/aromatic N) is 1. The zero-order valence-corrected chi connectivity index (χ0v) is 3.43. The van der Waals surface area contributed by atoms with E-state index in [0.717, 1.165) is 0 Å². The molecule has 0 aromatic heterocycles. The SMILES string of the molecule is CC(C)O[N]. The summed E-state index contributed by atoms with van der Waals surface area (Å²) in [4.78, 5) is 3.75. The Labute approximate surface area is 31.9 Å². The van der Waals surface area contributed by atoms with Crippen LogP contribution in [0.5, 0.6) is 0 Å². The molecular weight excluding hydrogens is 66.0 g/mol. The van der Waals surface area contributed by atoms with Crippen molar-refractivity contribution in [2.75, 3.05) is 0 Å². The second-order valence-electron chi connectivity index (χ2n) is 1.15. The standard InChI is InChI=1S/C3H7NO/c1-3(2)5-4/h3H,1-2H3. The molecule has 0 fully saturated rings. The van der Waals surface area contributed by atoms with E-state index in [4.69, 9.17) is 5.90 Å². The quantitative estimate of drug-likeness (QED) is 0.413. The summed E-state index contributed by atoms with van der Waals surface area (Å²) in [7, 11) is 0. The average Bonchev–Trinajstić information content (AvgIpc) is 1.38. The molecule has 0 aliphatic rings. The molecule has 5 heavy (non-hydrogen) atoms. The highest BCUT2D eigenvalue weighted by atomic mass is 16.6. The van der Waals surface area contributed by atoms with Crippen LogP contribution in [-0.4, -0.2) is 6.10 Å². The molecule has 0 saturated carbocycles. The minimum absolute atomic E-state index is 0.0602. The van der Waals surface area contributed by atoms with Crippen LogP contribution in [0.1, 0.15) is 13.8 Å².